The van der Waals surface area contributed by atoms with Gasteiger partial charge in [-0.3, -0.25) is 9.10 Å². The van der Waals surface area contributed by atoms with Gasteiger partial charge in [0.1, 0.15) is 0 Å². The number of aryl methyl sites for hydroxylation is 1. The third kappa shape index (κ3) is 6.72. The van der Waals surface area contributed by atoms with Gasteiger partial charge in [-0.05, 0) is 74.0 Å². The van der Waals surface area contributed by atoms with Crippen LogP contribution in [-0.4, -0.2) is 33.3 Å². The van der Waals surface area contributed by atoms with Crippen LogP contribution in [0.2, 0.25) is 10.0 Å². The summed E-state index contributed by atoms with van der Waals surface area (Å²) in [5.41, 5.74) is 1.68. The van der Waals surface area contributed by atoms with Crippen LogP contribution in [0.15, 0.2) is 77.7 Å². The Kier molecular flexibility index (Phi) is 8.72. The van der Waals surface area contributed by atoms with E-state index in [2.05, 4.69) is 0 Å². The fourth-order valence-electron chi connectivity index (χ4n) is 3.22. The normalized spacial score (nSPS) is 11.4. The lowest BCUT2D eigenvalue weighted by atomic mass is 10.1. The van der Waals surface area contributed by atoms with Gasteiger partial charge >= 0.3 is 5.97 Å². The smallest absolute Gasteiger partial charge is 0.330 e. The van der Waals surface area contributed by atoms with E-state index in [-0.39, 0.29) is 22.2 Å². The lowest BCUT2D eigenvalue weighted by Gasteiger charge is -2.26. The number of rotatable bonds is 9. The molecular formula is C26H23Cl2NO5S. The molecule has 3 aromatic carbocycles. The Morgan fingerprint density at radius 3 is 2.20 bits per heavy atom. The van der Waals surface area contributed by atoms with E-state index in [0.29, 0.717) is 16.1 Å². The van der Waals surface area contributed by atoms with Gasteiger partial charge in [0.2, 0.25) is 0 Å². The largest absolute Gasteiger partial charge is 0.463 e. The Hall–Kier alpha value is -3.13. The molecule has 0 aliphatic carbocycles. The number of halogens is 2. The van der Waals surface area contributed by atoms with Crippen molar-refractivity contribution in [3.8, 4) is 0 Å². The fourth-order valence-corrected chi connectivity index (χ4v) is 4.95. The minimum Gasteiger partial charge on any atom is -0.463 e. The third-order valence-corrected chi connectivity index (χ3v) is 7.27. The van der Waals surface area contributed by atoms with Gasteiger partial charge in [0.25, 0.3) is 10.0 Å². The lowest BCUT2D eigenvalue weighted by molar-refractivity contribution is -0.137. The van der Waals surface area contributed by atoms with Crippen LogP contribution in [0.5, 0.6) is 0 Å². The first kappa shape index (κ1) is 26.5. The Bertz CT molecular complexity index is 1350. The van der Waals surface area contributed by atoms with Crippen LogP contribution in [0.1, 0.15) is 28.4 Å². The molecule has 0 radical (unpaired) electrons. The van der Waals surface area contributed by atoms with E-state index in [4.69, 9.17) is 27.9 Å². The molecule has 0 aliphatic rings. The van der Waals surface area contributed by atoms with Crippen LogP contribution in [0.25, 0.3) is 6.08 Å². The summed E-state index contributed by atoms with van der Waals surface area (Å²) in [5.74, 6) is -1.03. The van der Waals surface area contributed by atoms with Crippen molar-refractivity contribution in [3.05, 3.63) is 99.5 Å². The molecule has 0 fully saturated rings. The quantitative estimate of drug-likeness (QED) is 0.193. The van der Waals surface area contributed by atoms with Crippen molar-refractivity contribution in [2.24, 2.45) is 0 Å². The van der Waals surface area contributed by atoms with Gasteiger partial charge in [0.05, 0.1) is 23.7 Å². The molecule has 3 rings (SSSR count). The number of esters is 1. The highest BCUT2D eigenvalue weighted by atomic mass is 35.5. The maximum Gasteiger partial charge on any atom is 0.330 e. The summed E-state index contributed by atoms with van der Waals surface area (Å²) in [6, 6.07) is 17.0. The summed E-state index contributed by atoms with van der Waals surface area (Å²) in [6.07, 6.45) is 2.61. The minimum atomic E-state index is -4.19. The van der Waals surface area contributed by atoms with Gasteiger partial charge in [-0.2, -0.15) is 0 Å². The molecule has 0 spiro atoms. The zero-order valence-electron chi connectivity index (χ0n) is 19.1. The molecule has 0 unspecified atom stereocenters. The average Bonchev–Trinajstić information content (AvgIpc) is 2.82. The van der Waals surface area contributed by atoms with E-state index in [0.717, 1.165) is 9.87 Å². The first-order valence-electron chi connectivity index (χ1n) is 10.6. The number of hydrogen-bond acceptors (Lipinski definition) is 5. The molecule has 0 atom stereocenters. The second-order valence-electron chi connectivity index (χ2n) is 7.54. The third-order valence-electron chi connectivity index (χ3n) is 5.01. The molecule has 0 aliphatic heterocycles. The molecule has 35 heavy (non-hydrogen) atoms. The van der Waals surface area contributed by atoms with Crippen molar-refractivity contribution in [2.75, 3.05) is 17.5 Å². The highest BCUT2D eigenvalue weighted by molar-refractivity contribution is 7.92. The van der Waals surface area contributed by atoms with Crippen LogP contribution in [0, 0.1) is 6.92 Å². The van der Waals surface area contributed by atoms with E-state index >= 15 is 0 Å². The number of carbonyl (C=O) groups is 2. The SMILES string of the molecule is CCOC(=O)C=Cc1ccc(Cl)cc1N(CC(=O)c1ccc(Cl)cc1)S(=O)(=O)c1ccc(C)cc1. The average molecular weight is 532 g/mol. The van der Waals surface area contributed by atoms with E-state index in [1.165, 1.54) is 42.5 Å². The van der Waals surface area contributed by atoms with Gasteiger partial charge in [0, 0.05) is 21.7 Å². The number of sulfonamides is 1. The number of carbonyl (C=O) groups excluding carboxylic acids is 2. The molecule has 6 nitrogen and oxygen atoms in total. The Balaban J connectivity index is 2.13. The van der Waals surface area contributed by atoms with E-state index in [1.807, 2.05) is 6.92 Å². The first-order chi connectivity index (χ1) is 16.6. The standard InChI is InChI=1S/C26H23Cl2NO5S/c1-3-34-26(31)15-9-19-6-12-22(28)16-24(19)29(17-25(30)20-7-10-21(27)11-8-20)35(32,33)23-13-4-18(2)5-14-23/h4-16H,3,17H2,1-2H3. The predicted molar refractivity (Wildman–Crippen MR) is 139 cm³/mol. The summed E-state index contributed by atoms with van der Waals surface area (Å²) in [5, 5.41) is 0.711. The number of nitrogens with zero attached hydrogens (tertiary/aromatic N) is 1. The van der Waals surface area contributed by atoms with Crippen LogP contribution < -0.4 is 4.31 Å². The number of Topliss-reactive ketones (excluding diaryl/α,β-unsaturated/α-hetero) is 1. The second kappa shape index (κ2) is 11.5. The molecule has 0 heterocycles. The van der Waals surface area contributed by atoms with Crippen molar-refractivity contribution >= 4 is 56.7 Å². The number of ether oxygens (including phenoxy) is 1. The highest BCUT2D eigenvalue weighted by Gasteiger charge is 2.29. The molecule has 9 heteroatoms. The van der Waals surface area contributed by atoms with Crippen molar-refractivity contribution in [3.63, 3.8) is 0 Å². The molecule has 0 saturated heterocycles. The molecule has 182 valence electrons. The first-order valence-corrected chi connectivity index (χ1v) is 12.8. The van der Waals surface area contributed by atoms with E-state index in [9.17, 15) is 18.0 Å². The molecule has 0 N–H and O–H groups in total. The van der Waals surface area contributed by atoms with Gasteiger partial charge in [0.15, 0.2) is 5.78 Å². The summed E-state index contributed by atoms with van der Waals surface area (Å²) < 4.78 is 33.4. The monoisotopic (exact) mass is 531 g/mol. The van der Waals surface area contributed by atoms with E-state index < -0.39 is 28.3 Å². The van der Waals surface area contributed by atoms with Crippen molar-refractivity contribution in [2.45, 2.75) is 18.7 Å². The van der Waals surface area contributed by atoms with Crippen LogP contribution in [0.4, 0.5) is 5.69 Å². The molecule has 0 amide bonds. The number of hydrogen-bond donors (Lipinski definition) is 0. The van der Waals surface area contributed by atoms with Crippen LogP contribution >= 0.6 is 23.2 Å². The summed E-state index contributed by atoms with van der Waals surface area (Å²) >= 11 is 12.2. The van der Waals surface area contributed by atoms with Gasteiger partial charge in [-0.25, -0.2) is 13.2 Å². The maximum absolute atomic E-state index is 13.8. The Labute approximate surface area is 214 Å². The van der Waals surface area contributed by atoms with Gasteiger partial charge < -0.3 is 4.74 Å². The van der Waals surface area contributed by atoms with Crippen molar-refractivity contribution in [1.82, 2.24) is 0 Å². The molecule has 0 aromatic heterocycles. The summed E-state index contributed by atoms with van der Waals surface area (Å²) in [6.45, 7) is 3.21. The predicted octanol–water partition coefficient (Wildman–Crippen LogP) is 5.96. The maximum atomic E-state index is 13.8. The van der Waals surface area contributed by atoms with Crippen LogP contribution in [-0.2, 0) is 19.6 Å². The van der Waals surface area contributed by atoms with E-state index in [1.54, 1.807) is 43.3 Å². The van der Waals surface area contributed by atoms with Crippen molar-refractivity contribution in [1.29, 1.82) is 0 Å². The number of ketones is 1. The molecule has 3 aromatic rings. The summed E-state index contributed by atoms with van der Waals surface area (Å²) in [4.78, 5) is 25.0. The Morgan fingerprint density at radius 1 is 0.943 bits per heavy atom. The second-order valence-corrected chi connectivity index (χ2v) is 10.3. The summed E-state index contributed by atoms with van der Waals surface area (Å²) in [7, 11) is -4.19. The Morgan fingerprint density at radius 2 is 1.57 bits per heavy atom. The highest BCUT2D eigenvalue weighted by Crippen LogP contribution is 2.31. The number of anilines is 1. The fraction of sp³-hybridized carbons (Fsp3) is 0.154. The lowest BCUT2D eigenvalue weighted by Crippen LogP contribution is -2.36. The van der Waals surface area contributed by atoms with Gasteiger partial charge in [-0.15, -0.1) is 0 Å². The molecule has 0 bridgehead atoms. The zero-order valence-corrected chi connectivity index (χ0v) is 21.4. The topological polar surface area (TPSA) is 80.8 Å². The zero-order chi connectivity index (χ0) is 25.6. The van der Waals surface area contributed by atoms with Gasteiger partial charge in [-0.1, -0.05) is 47.0 Å². The minimum absolute atomic E-state index is 0.00676. The van der Waals surface area contributed by atoms with Crippen LogP contribution in [0.3, 0.4) is 0 Å². The molecule has 0 saturated carbocycles. The number of benzene rings is 3. The van der Waals surface area contributed by atoms with Crippen molar-refractivity contribution < 1.29 is 22.7 Å². The molecular weight excluding hydrogens is 509 g/mol.